The van der Waals surface area contributed by atoms with E-state index in [0.717, 1.165) is 38.5 Å². The van der Waals surface area contributed by atoms with E-state index in [0.29, 0.717) is 79.9 Å². The highest BCUT2D eigenvalue weighted by Gasteiger charge is 2.20. The highest BCUT2D eigenvalue weighted by Crippen LogP contribution is 2.26. The Labute approximate surface area is 489 Å². The van der Waals surface area contributed by atoms with Gasteiger partial charge in [-0.15, -0.1) is 11.6 Å². The van der Waals surface area contributed by atoms with Crippen LogP contribution in [0.2, 0.25) is 0 Å². The summed E-state index contributed by atoms with van der Waals surface area (Å²) >= 11 is 5.65. The van der Waals surface area contributed by atoms with Crippen LogP contribution in [0.5, 0.6) is 0 Å². The average Bonchev–Trinajstić information content (AvgIpc) is 3.68. The molecule has 2 aromatic rings. The number of alkyl carbamates (subject to hydrolysis) is 4. The van der Waals surface area contributed by atoms with Gasteiger partial charge >= 0.3 is 24.4 Å². The Morgan fingerprint density at radius 3 is 1.52 bits per heavy atom. The molecule has 0 aliphatic rings. The van der Waals surface area contributed by atoms with Crippen molar-refractivity contribution in [3.05, 3.63) is 76.2 Å². The van der Waals surface area contributed by atoms with Crippen molar-refractivity contribution in [3.8, 4) is 0 Å². The molecule has 0 aliphatic heterocycles. The third kappa shape index (κ3) is 39.2. The van der Waals surface area contributed by atoms with Gasteiger partial charge in [-0.1, -0.05) is 36.9 Å². The highest BCUT2D eigenvalue weighted by atomic mass is 35.5. The Hall–Kier alpha value is -7.01. The lowest BCUT2D eigenvalue weighted by Crippen LogP contribution is -2.39. The summed E-state index contributed by atoms with van der Waals surface area (Å²) in [6.45, 7) is 6.01. The zero-order chi connectivity index (χ0) is 60.2. The number of hydrogen-bond donors (Lipinski definition) is 7. The molecule has 0 bridgehead atoms. The van der Waals surface area contributed by atoms with Crippen LogP contribution in [0.25, 0.3) is 10.4 Å². The molecule has 0 spiro atoms. The number of unbranched alkanes of at least 4 members (excludes halogenated alkanes) is 6. The van der Waals surface area contributed by atoms with E-state index in [1.807, 2.05) is 0 Å². The van der Waals surface area contributed by atoms with Crippen LogP contribution in [-0.4, -0.2) is 192 Å². The minimum Gasteiger partial charge on any atom is -0.447 e. The average molecular weight is 1200 g/mol. The molecule has 0 atom stereocenters. The number of amides is 7. The largest absolute Gasteiger partial charge is 0.447 e. The maximum absolute atomic E-state index is 13.8. The highest BCUT2D eigenvalue weighted by molar-refractivity contribution is 6.17. The van der Waals surface area contributed by atoms with Crippen molar-refractivity contribution in [2.24, 2.45) is 5.11 Å². The van der Waals surface area contributed by atoms with Crippen molar-refractivity contribution in [1.29, 1.82) is 0 Å². The second-order valence-corrected chi connectivity index (χ2v) is 18.0. The lowest BCUT2D eigenvalue weighted by molar-refractivity contribution is -0.129. The van der Waals surface area contributed by atoms with Gasteiger partial charge in [0.2, 0.25) is 11.8 Å². The topological polar surface area (TPSA) is 356 Å². The van der Waals surface area contributed by atoms with E-state index in [2.05, 4.69) is 36.6 Å². The van der Waals surface area contributed by atoms with Gasteiger partial charge in [-0.25, -0.2) is 24.7 Å². The van der Waals surface area contributed by atoms with Gasteiger partial charge in [0.05, 0.1) is 72.7 Å². The van der Waals surface area contributed by atoms with Crippen LogP contribution in [-0.2, 0) is 57.0 Å². The molecule has 2 rings (SSSR count). The smallest absolute Gasteiger partial charge is 0.407 e. The van der Waals surface area contributed by atoms with Gasteiger partial charge in [-0.05, 0) is 92.3 Å². The molecule has 2 aromatic carbocycles. The lowest BCUT2D eigenvalue weighted by atomic mass is 10.1. The minimum atomic E-state index is -0.731. The Balaban J connectivity index is 1.46. The van der Waals surface area contributed by atoms with Gasteiger partial charge < -0.3 is 78.9 Å². The third-order valence-electron chi connectivity index (χ3n) is 11.1. The Bertz CT molecular complexity index is 2230. The van der Waals surface area contributed by atoms with E-state index in [1.54, 1.807) is 54.9 Å². The first kappa shape index (κ1) is 72.1. The maximum Gasteiger partial charge on any atom is 0.407 e. The maximum atomic E-state index is 13.8. The van der Waals surface area contributed by atoms with Gasteiger partial charge in [-0.2, -0.15) is 0 Å². The molecular weight excluding hydrogens is 1110 g/mol. The molecule has 83 heavy (non-hydrogen) atoms. The summed E-state index contributed by atoms with van der Waals surface area (Å²) in [4.78, 5) is 89.7. The summed E-state index contributed by atoms with van der Waals surface area (Å²) in [6, 6.07) is 11.3. The molecule has 7 N–H and O–H groups in total. The van der Waals surface area contributed by atoms with Gasteiger partial charge in [0.1, 0.15) is 26.4 Å². The quantitative estimate of drug-likeness (QED) is 0.00415. The van der Waals surface area contributed by atoms with E-state index >= 15 is 0 Å². The molecule has 0 fully saturated rings. The van der Waals surface area contributed by atoms with E-state index in [-0.39, 0.29) is 124 Å². The first-order valence-corrected chi connectivity index (χ1v) is 28.1. The molecule has 0 aromatic heterocycles. The number of nitrogens with zero attached hydrogens (tertiary/aromatic N) is 4. The van der Waals surface area contributed by atoms with Crippen LogP contribution in [0.15, 0.2) is 59.7 Å². The fourth-order valence-corrected chi connectivity index (χ4v) is 7.10. The number of anilines is 2. The predicted molar refractivity (Wildman–Crippen MR) is 305 cm³/mol. The molecule has 0 saturated carbocycles. The lowest BCUT2D eigenvalue weighted by Gasteiger charge is -2.24. The molecule has 0 radical (unpaired) electrons. The molecule has 7 amide bonds. The standard InChI is InChI=1S/C54H83ClN10O18/c1-43-42-46(18-19-47(43)62-64-56)65(50(68)44-14-16-45(17-15-44)61-48(66)12-6-2-3-7-13-49(67)63-73)25-21-57-51(69)82-40-38-78-36-34-76-29-22-58-52(70)80-27-10-11-28-81-53(71)59-23-30-77-35-37-79-39-41-83-54(72)60-24-31-75-33-32-74-26-9-5-4-8-20-55/h10-11,14-19,42,73H,2-9,12-13,20-41H2,1H3,(H,57,69)(H,58,70)(H,59,71)(H,60,72)(H,61,66)(H,63,67)/b11-10+. The van der Waals surface area contributed by atoms with Crippen molar-refractivity contribution < 1.29 is 86.1 Å². The number of carbonyl (C=O) groups excluding carboxylic acids is 7. The van der Waals surface area contributed by atoms with E-state index in [4.69, 9.17) is 69.7 Å². The van der Waals surface area contributed by atoms with Gasteiger partial charge in [0.25, 0.3) is 5.91 Å². The van der Waals surface area contributed by atoms with Crippen LogP contribution in [0.3, 0.4) is 0 Å². The Kier molecular flexibility index (Phi) is 43.1. The Morgan fingerprint density at radius 2 is 1.01 bits per heavy atom. The predicted octanol–water partition coefficient (Wildman–Crippen LogP) is 6.73. The molecule has 0 unspecified atom stereocenters. The van der Waals surface area contributed by atoms with Crippen LogP contribution in [0.1, 0.15) is 80.1 Å². The fourth-order valence-electron chi connectivity index (χ4n) is 6.91. The van der Waals surface area contributed by atoms with Crippen LogP contribution in [0.4, 0.5) is 36.2 Å². The van der Waals surface area contributed by atoms with Gasteiger partial charge in [-0.3, -0.25) is 19.6 Å². The zero-order valence-electron chi connectivity index (χ0n) is 47.4. The van der Waals surface area contributed by atoms with Crippen molar-refractivity contribution in [2.45, 2.75) is 71.1 Å². The molecule has 0 saturated heterocycles. The van der Waals surface area contributed by atoms with E-state index < -0.39 is 36.2 Å². The van der Waals surface area contributed by atoms with E-state index in [9.17, 15) is 33.6 Å². The molecule has 0 aliphatic carbocycles. The van der Waals surface area contributed by atoms with Crippen LogP contribution in [0, 0.1) is 6.92 Å². The summed E-state index contributed by atoms with van der Waals surface area (Å²) in [7, 11) is 0. The fraction of sp³-hybridized carbons (Fsp3) is 0.611. The molecule has 28 nitrogen and oxygen atoms in total. The molecule has 29 heteroatoms. The number of carbonyl (C=O) groups is 7. The van der Waals surface area contributed by atoms with Crippen molar-refractivity contribution >= 4 is 70.8 Å². The minimum absolute atomic E-state index is 0.0162. The summed E-state index contributed by atoms with van der Waals surface area (Å²) in [5.74, 6) is -0.346. The zero-order valence-corrected chi connectivity index (χ0v) is 48.1. The number of halogens is 1. The van der Waals surface area contributed by atoms with Gasteiger partial charge in [0.15, 0.2) is 0 Å². The van der Waals surface area contributed by atoms with Crippen molar-refractivity contribution in [1.82, 2.24) is 26.7 Å². The number of benzene rings is 2. The number of azide groups is 1. The first-order chi connectivity index (χ1) is 40.5. The first-order valence-electron chi connectivity index (χ1n) is 27.6. The summed E-state index contributed by atoms with van der Waals surface area (Å²) in [5.41, 5.74) is 12.8. The molecule has 464 valence electrons. The second-order valence-electron chi connectivity index (χ2n) is 17.6. The van der Waals surface area contributed by atoms with Gasteiger partial charge in [0, 0.05) is 85.6 Å². The number of aryl methyl sites for hydroxylation is 1. The number of alkyl halides is 1. The number of nitrogens with one attached hydrogen (secondary N) is 6. The molecular formula is C54H83ClN10O18. The number of hydrogen-bond acceptors (Lipinski definition) is 19. The van der Waals surface area contributed by atoms with Crippen molar-refractivity contribution in [2.75, 3.05) is 155 Å². The van der Waals surface area contributed by atoms with Crippen LogP contribution >= 0.6 is 11.6 Å². The summed E-state index contributed by atoms with van der Waals surface area (Å²) < 4.78 is 52.8. The SMILES string of the molecule is Cc1cc(N(CCNC(=O)OCCOCCOCCNC(=O)OC/C=C/COC(=O)NCCOCCOCCOC(=O)NCCOCCOCCCCCCCl)C(=O)c2ccc(NC(=O)CCCCCCC(=O)NO)cc2)ccc1N=[N+]=[N-]. The molecule has 0 heterocycles. The monoisotopic (exact) mass is 1190 g/mol. The Morgan fingerprint density at radius 1 is 0.554 bits per heavy atom. The van der Waals surface area contributed by atoms with Crippen LogP contribution < -0.4 is 37.0 Å². The number of ether oxygens (including phenoxy) is 10. The number of rotatable bonds is 48. The second kappa shape index (κ2) is 49.6. The van der Waals surface area contributed by atoms with Crippen molar-refractivity contribution in [3.63, 3.8) is 0 Å². The van der Waals surface area contributed by atoms with E-state index in [1.165, 1.54) is 17.1 Å². The summed E-state index contributed by atoms with van der Waals surface area (Å²) in [5, 5.41) is 25.3. The number of hydroxylamine groups is 1. The summed E-state index contributed by atoms with van der Waals surface area (Å²) in [6.07, 6.45) is 7.85. The normalized spacial score (nSPS) is 10.8. The third-order valence-corrected chi connectivity index (χ3v) is 11.4.